The number of aryl methyl sites for hydroxylation is 3. The third-order valence-corrected chi connectivity index (χ3v) is 5.78. The van der Waals surface area contributed by atoms with Crippen LogP contribution in [0.1, 0.15) is 27.9 Å². The van der Waals surface area contributed by atoms with Crippen molar-refractivity contribution in [1.29, 1.82) is 0 Å². The Balaban J connectivity index is 1.69. The highest BCUT2D eigenvalue weighted by molar-refractivity contribution is 7.86. The normalized spacial score (nSPS) is 17.3. The SMILES string of the molecule is Cc1ccc(S(=O)(=O)OCC2Cc3c(C)cnc(C)c3C2)cc1. The third-order valence-electron chi connectivity index (χ3n) is 4.48. The number of aromatic nitrogens is 1. The molecule has 3 rings (SSSR count). The first-order chi connectivity index (χ1) is 10.9. The molecule has 0 radical (unpaired) electrons. The van der Waals surface area contributed by atoms with Crippen LogP contribution in [0.25, 0.3) is 0 Å². The van der Waals surface area contributed by atoms with Crippen LogP contribution in [-0.2, 0) is 27.1 Å². The molecule has 0 bridgehead atoms. The van der Waals surface area contributed by atoms with E-state index in [0.29, 0.717) is 0 Å². The average Bonchev–Trinajstić information content (AvgIpc) is 2.95. The molecule has 0 fully saturated rings. The summed E-state index contributed by atoms with van der Waals surface area (Å²) in [5.74, 6) is 0.187. The predicted octanol–water partition coefficient (Wildman–Crippen LogP) is 3.13. The molecule has 2 aromatic rings. The maximum atomic E-state index is 12.3. The first kappa shape index (κ1) is 16.1. The van der Waals surface area contributed by atoms with Gasteiger partial charge in [-0.1, -0.05) is 17.7 Å². The van der Waals surface area contributed by atoms with E-state index in [1.807, 2.05) is 20.0 Å². The van der Waals surface area contributed by atoms with E-state index < -0.39 is 10.1 Å². The minimum Gasteiger partial charge on any atom is -0.266 e. The molecule has 23 heavy (non-hydrogen) atoms. The topological polar surface area (TPSA) is 56.3 Å². The van der Waals surface area contributed by atoms with Gasteiger partial charge in [0.25, 0.3) is 10.1 Å². The highest BCUT2D eigenvalue weighted by Crippen LogP contribution is 2.31. The molecule has 0 N–H and O–H groups in total. The molecule has 1 unspecified atom stereocenters. The molecule has 0 aliphatic heterocycles. The Morgan fingerprint density at radius 2 is 1.74 bits per heavy atom. The lowest BCUT2D eigenvalue weighted by Gasteiger charge is -2.10. The van der Waals surface area contributed by atoms with E-state index >= 15 is 0 Å². The van der Waals surface area contributed by atoms with Crippen LogP contribution in [0.3, 0.4) is 0 Å². The van der Waals surface area contributed by atoms with E-state index in [1.54, 1.807) is 24.3 Å². The predicted molar refractivity (Wildman–Crippen MR) is 88.9 cm³/mol. The molecule has 1 heterocycles. The van der Waals surface area contributed by atoms with Crippen LogP contribution >= 0.6 is 0 Å². The van der Waals surface area contributed by atoms with Gasteiger partial charge in [0.05, 0.1) is 11.5 Å². The van der Waals surface area contributed by atoms with E-state index in [4.69, 9.17) is 4.18 Å². The quantitative estimate of drug-likeness (QED) is 0.808. The smallest absolute Gasteiger partial charge is 0.266 e. The van der Waals surface area contributed by atoms with Crippen molar-refractivity contribution in [2.24, 2.45) is 5.92 Å². The van der Waals surface area contributed by atoms with Gasteiger partial charge in [-0.15, -0.1) is 0 Å². The molecule has 0 spiro atoms. The zero-order valence-electron chi connectivity index (χ0n) is 13.7. The third kappa shape index (κ3) is 3.31. The van der Waals surface area contributed by atoms with Crippen molar-refractivity contribution >= 4 is 10.1 Å². The summed E-state index contributed by atoms with van der Waals surface area (Å²) >= 11 is 0. The van der Waals surface area contributed by atoms with Crippen molar-refractivity contribution in [3.8, 4) is 0 Å². The van der Waals surface area contributed by atoms with Crippen LogP contribution in [0.15, 0.2) is 35.4 Å². The molecular weight excluding hydrogens is 310 g/mol. The Bertz CT molecular complexity index is 795. The fourth-order valence-electron chi connectivity index (χ4n) is 3.09. The Morgan fingerprint density at radius 1 is 1.09 bits per heavy atom. The van der Waals surface area contributed by atoms with Crippen molar-refractivity contribution in [2.45, 2.75) is 38.5 Å². The average molecular weight is 331 g/mol. The molecule has 5 heteroatoms. The van der Waals surface area contributed by atoms with Gasteiger partial charge in [0.15, 0.2) is 0 Å². The van der Waals surface area contributed by atoms with E-state index in [2.05, 4.69) is 11.9 Å². The van der Waals surface area contributed by atoms with Crippen LogP contribution in [0.2, 0.25) is 0 Å². The van der Waals surface area contributed by atoms with Crippen LogP contribution in [-0.4, -0.2) is 20.0 Å². The molecule has 0 saturated heterocycles. The second-order valence-electron chi connectivity index (χ2n) is 6.31. The highest BCUT2D eigenvalue weighted by Gasteiger charge is 2.27. The lowest BCUT2D eigenvalue weighted by molar-refractivity contribution is 0.259. The van der Waals surface area contributed by atoms with Crippen LogP contribution < -0.4 is 0 Å². The molecular formula is C18H21NO3S. The van der Waals surface area contributed by atoms with E-state index in [1.165, 1.54) is 16.7 Å². The maximum absolute atomic E-state index is 12.3. The molecule has 1 aromatic carbocycles. The Kier molecular flexibility index (Phi) is 4.25. The first-order valence-electron chi connectivity index (χ1n) is 7.77. The first-order valence-corrected chi connectivity index (χ1v) is 9.17. The Morgan fingerprint density at radius 3 is 2.39 bits per heavy atom. The van der Waals surface area contributed by atoms with Gasteiger partial charge in [-0.2, -0.15) is 8.42 Å². The number of benzene rings is 1. The van der Waals surface area contributed by atoms with Gasteiger partial charge in [-0.25, -0.2) is 0 Å². The standard InChI is InChI=1S/C18H21NO3S/c1-12-4-6-16(7-5-12)23(20,21)22-11-15-8-17-13(2)10-19-14(3)18(17)9-15/h4-7,10,15H,8-9,11H2,1-3H3. The minimum absolute atomic E-state index is 0.187. The van der Waals surface area contributed by atoms with Crippen molar-refractivity contribution in [3.05, 3.63) is 58.4 Å². The van der Waals surface area contributed by atoms with Crippen LogP contribution in [0, 0.1) is 26.7 Å². The van der Waals surface area contributed by atoms with E-state index in [-0.39, 0.29) is 17.4 Å². The summed E-state index contributed by atoms with van der Waals surface area (Å²) in [7, 11) is -3.69. The molecule has 0 saturated carbocycles. The van der Waals surface area contributed by atoms with Gasteiger partial charge in [-0.3, -0.25) is 9.17 Å². The van der Waals surface area contributed by atoms with E-state index in [0.717, 1.165) is 24.1 Å². The molecule has 4 nitrogen and oxygen atoms in total. The van der Waals surface area contributed by atoms with Crippen molar-refractivity contribution in [1.82, 2.24) is 4.98 Å². The van der Waals surface area contributed by atoms with Crippen molar-refractivity contribution < 1.29 is 12.6 Å². The van der Waals surface area contributed by atoms with Gasteiger partial charge in [0.1, 0.15) is 0 Å². The largest absolute Gasteiger partial charge is 0.296 e. The zero-order chi connectivity index (χ0) is 16.6. The van der Waals surface area contributed by atoms with Gasteiger partial charge < -0.3 is 0 Å². The summed E-state index contributed by atoms with van der Waals surface area (Å²) in [6.07, 6.45) is 3.58. The summed E-state index contributed by atoms with van der Waals surface area (Å²) < 4.78 is 29.8. The van der Waals surface area contributed by atoms with Gasteiger partial charge >= 0.3 is 0 Å². The second-order valence-corrected chi connectivity index (χ2v) is 7.93. The molecule has 1 aliphatic carbocycles. The summed E-state index contributed by atoms with van der Waals surface area (Å²) in [4.78, 5) is 4.61. The lowest BCUT2D eigenvalue weighted by Crippen LogP contribution is -2.15. The number of hydrogen-bond acceptors (Lipinski definition) is 4. The highest BCUT2D eigenvalue weighted by atomic mass is 32.2. The number of pyridine rings is 1. The Hall–Kier alpha value is -1.72. The van der Waals surface area contributed by atoms with Crippen LogP contribution in [0.4, 0.5) is 0 Å². The summed E-state index contributed by atoms with van der Waals surface area (Å²) in [6.45, 7) is 6.19. The lowest BCUT2D eigenvalue weighted by atomic mass is 10.1. The molecule has 0 amide bonds. The van der Waals surface area contributed by atoms with Gasteiger partial charge in [0, 0.05) is 11.9 Å². The fraction of sp³-hybridized carbons (Fsp3) is 0.389. The summed E-state index contributed by atoms with van der Waals surface area (Å²) in [6, 6.07) is 6.73. The zero-order valence-corrected chi connectivity index (χ0v) is 14.5. The van der Waals surface area contributed by atoms with Crippen LogP contribution in [0.5, 0.6) is 0 Å². The molecule has 122 valence electrons. The van der Waals surface area contributed by atoms with Crippen molar-refractivity contribution in [2.75, 3.05) is 6.61 Å². The molecule has 1 atom stereocenters. The monoisotopic (exact) mass is 331 g/mol. The van der Waals surface area contributed by atoms with E-state index in [9.17, 15) is 8.42 Å². The molecule has 1 aliphatic rings. The number of hydrogen-bond donors (Lipinski definition) is 0. The van der Waals surface area contributed by atoms with Gasteiger partial charge in [0.2, 0.25) is 0 Å². The fourth-order valence-corrected chi connectivity index (χ4v) is 4.06. The van der Waals surface area contributed by atoms with Gasteiger partial charge in [-0.05, 0) is 68.4 Å². The summed E-state index contributed by atoms with van der Waals surface area (Å²) in [5, 5.41) is 0. The number of rotatable bonds is 4. The number of fused-ring (bicyclic) bond motifs is 1. The summed E-state index contributed by atoms with van der Waals surface area (Å²) in [5.41, 5.74) is 5.79. The molecule has 1 aromatic heterocycles. The second kappa shape index (κ2) is 6.06. The number of nitrogens with zero attached hydrogens (tertiary/aromatic N) is 1. The Labute approximate surface area is 137 Å². The maximum Gasteiger partial charge on any atom is 0.296 e. The van der Waals surface area contributed by atoms with Crippen molar-refractivity contribution in [3.63, 3.8) is 0 Å². The minimum atomic E-state index is -3.69.